The van der Waals surface area contributed by atoms with E-state index in [9.17, 15) is 14.4 Å². The maximum atomic E-state index is 12.4. The minimum Gasteiger partial charge on any atom is -0.339 e. The summed E-state index contributed by atoms with van der Waals surface area (Å²) in [7, 11) is 1.59. The molecule has 2 aromatic rings. The van der Waals surface area contributed by atoms with Gasteiger partial charge in [-0.1, -0.05) is 19.1 Å². The quantitative estimate of drug-likeness (QED) is 0.778. The van der Waals surface area contributed by atoms with Gasteiger partial charge in [-0.2, -0.15) is 4.98 Å². The van der Waals surface area contributed by atoms with E-state index in [4.69, 9.17) is 0 Å². The Morgan fingerprint density at radius 3 is 2.54 bits per heavy atom. The Kier molecular flexibility index (Phi) is 4.97. The molecule has 0 aliphatic carbocycles. The van der Waals surface area contributed by atoms with Gasteiger partial charge in [0, 0.05) is 46.2 Å². The molecule has 9 nitrogen and oxygen atoms in total. The van der Waals surface area contributed by atoms with Crippen molar-refractivity contribution >= 4 is 23.0 Å². The number of allylic oxidation sites excluding steroid dienone is 2. The molecular formula is C17H24N6O3. The summed E-state index contributed by atoms with van der Waals surface area (Å²) in [5.74, 6) is 0.791. The number of anilines is 1. The highest BCUT2D eigenvalue weighted by Crippen LogP contribution is 2.21. The van der Waals surface area contributed by atoms with E-state index in [1.807, 2.05) is 35.5 Å². The van der Waals surface area contributed by atoms with Gasteiger partial charge >= 0.3 is 5.69 Å². The lowest BCUT2D eigenvalue weighted by Gasteiger charge is -2.35. The minimum absolute atomic E-state index is 0.144. The zero-order chi connectivity index (χ0) is 18.8. The van der Waals surface area contributed by atoms with Crippen LogP contribution in [0.25, 0.3) is 11.2 Å². The summed E-state index contributed by atoms with van der Waals surface area (Å²) in [5.41, 5.74) is -0.174. The van der Waals surface area contributed by atoms with Gasteiger partial charge < -0.3 is 14.4 Å². The van der Waals surface area contributed by atoms with Gasteiger partial charge in [-0.05, 0) is 6.92 Å². The highest BCUT2D eigenvalue weighted by atomic mass is 16.2. The van der Waals surface area contributed by atoms with Crippen LogP contribution in [0.2, 0.25) is 0 Å². The Labute approximate surface area is 150 Å². The van der Waals surface area contributed by atoms with E-state index >= 15 is 0 Å². The van der Waals surface area contributed by atoms with Crippen molar-refractivity contribution in [2.75, 3.05) is 31.1 Å². The fourth-order valence-electron chi connectivity index (χ4n) is 3.23. The maximum Gasteiger partial charge on any atom is 0.329 e. The molecular weight excluding hydrogens is 336 g/mol. The van der Waals surface area contributed by atoms with E-state index in [1.165, 1.54) is 4.57 Å². The first-order valence-electron chi connectivity index (χ1n) is 8.81. The largest absolute Gasteiger partial charge is 0.339 e. The van der Waals surface area contributed by atoms with Crippen molar-refractivity contribution < 1.29 is 4.79 Å². The van der Waals surface area contributed by atoms with Crippen LogP contribution >= 0.6 is 0 Å². The van der Waals surface area contributed by atoms with Gasteiger partial charge in [0.25, 0.3) is 5.56 Å². The highest BCUT2D eigenvalue weighted by molar-refractivity contribution is 5.77. The minimum atomic E-state index is -0.483. The van der Waals surface area contributed by atoms with Crippen LogP contribution in [0.5, 0.6) is 0 Å². The van der Waals surface area contributed by atoms with E-state index in [0.29, 0.717) is 56.3 Å². The summed E-state index contributed by atoms with van der Waals surface area (Å²) in [6, 6.07) is 0. The number of aromatic nitrogens is 4. The number of nitrogens with zero attached hydrogens (tertiary/aromatic N) is 5. The number of nitrogens with one attached hydrogen (secondary N) is 1. The summed E-state index contributed by atoms with van der Waals surface area (Å²) in [5, 5.41) is 0. The number of rotatable bonds is 4. The summed E-state index contributed by atoms with van der Waals surface area (Å²) in [6.45, 7) is 6.76. The second kappa shape index (κ2) is 7.19. The molecule has 1 saturated heterocycles. The molecule has 0 saturated carbocycles. The molecule has 26 heavy (non-hydrogen) atoms. The number of fused-ring (bicyclic) bond motifs is 1. The molecule has 3 rings (SSSR count). The van der Waals surface area contributed by atoms with Gasteiger partial charge in [-0.3, -0.25) is 19.1 Å². The predicted molar refractivity (Wildman–Crippen MR) is 99.5 cm³/mol. The van der Waals surface area contributed by atoms with E-state index in [0.717, 1.165) is 0 Å². The number of carbonyl (C=O) groups excluding carboxylic acids is 1. The van der Waals surface area contributed by atoms with Gasteiger partial charge in [-0.15, -0.1) is 0 Å². The van der Waals surface area contributed by atoms with Crippen molar-refractivity contribution in [1.29, 1.82) is 0 Å². The van der Waals surface area contributed by atoms with Gasteiger partial charge in [0.2, 0.25) is 11.9 Å². The second-order valence-corrected chi connectivity index (χ2v) is 6.30. The van der Waals surface area contributed by atoms with Crippen LogP contribution in [-0.2, 0) is 18.4 Å². The highest BCUT2D eigenvalue weighted by Gasteiger charge is 2.25. The molecule has 0 bridgehead atoms. The molecule has 9 heteroatoms. The van der Waals surface area contributed by atoms with Crippen LogP contribution in [0.15, 0.2) is 21.7 Å². The molecule has 0 aromatic carbocycles. The standard InChI is InChI=1S/C17H24N6O3/c1-4-6-7-23-13-14(20(3)17(26)19-15(13)25)18-16(23)22-10-8-21(9-11-22)12(24)5-2/h4,6H,5,7-11H2,1-3H3,(H,19,25,26)/b6-4+. The Bertz CT molecular complexity index is 959. The van der Waals surface area contributed by atoms with Crippen molar-refractivity contribution in [3.63, 3.8) is 0 Å². The number of H-pyrrole nitrogens is 1. The summed E-state index contributed by atoms with van der Waals surface area (Å²) in [4.78, 5) is 47.0. The number of hydrogen-bond donors (Lipinski definition) is 1. The number of imidazole rings is 1. The van der Waals surface area contributed by atoms with E-state index < -0.39 is 11.2 Å². The summed E-state index contributed by atoms with van der Waals surface area (Å²) < 4.78 is 3.17. The predicted octanol–water partition coefficient (Wildman–Crippen LogP) is 0.0580. The summed E-state index contributed by atoms with van der Waals surface area (Å²) >= 11 is 0. The molecule has 0 radical (unpaired) electrons. The molecule has 1 N–H and O–H groups in total. The molecule has 140 valence electrons. The van der Waals surface area contributed by atoms with E-state index in [1.54, 1.807) is 7.05 Å². The Morgan fingerprint density at radius 2 is 1.92 bits per heavy atom. The second-order valence-electron chi connectivity index (χ2n) is 6.30. The first kappa shape index (κ1) is 18.0. The van der Waals surface area contributed by atoms with Gasteiger partial charge in [-0.25, -0.2) is 4.79 Å². The van der Waals surface area contributed by atoms with Crippen molar-refractivity contribution in [2.24, 2.45) is 7.05 Å². The molecule has 2 aromatic heterocycles. The van der Waals surface area contributed by atoms with Crippen LogP contribution < -0.4 is 16.1 Å². The average Bonchev–Trinajstić information content (AvgIpc) is 3.04. The number of carbonyl (C=O) groups is 1. The summed E-state index contributed by atoms with van der Waals surface area (Å²) in [6.07, 6.45) is 4.34. The number of hydrogen-bond acceptors (Lipinski definition) is 5. The SMILES string of the molecule is C/C=C/Cn1c(N2CCN(C(=O)CC)CC2)nc2c1c(=O)[nH]c(=O)n2C. The lowest BCUT2D eigenvalue weighted by molar-refractivity contribution is -0.131. The van der Waals surface area contributed by atoms with Crippen molar-refractivity contribution in [1.82, 2.24) is 24.0 Å². The maximum absolute atomic E-state index is 12.4. The first-order valence-corrected chi connectivity index (χ1v) is 8.81. The van der Waals surface area contributed by atoms with Crippen LogP contribution in [0.3, 0.4) is 0 Å². The molecule has 1 amide bonds. The molecule has 0 spiro atoms. The fraction of sp³-hybridized carbons (Fsp3) is 0.529. The average molecular weight is 360 g/mol. The van der Waals surface area contributed by atoms with Crippen molar-refractivity contribution in [3.8, 4) is 0 Å². The Hall–Kier alpha value is -2.84. The molecule has 0 atom stereocenters. The molecule has 1 aliphatic rings. The third-order valence-electron chi connectivity index (χ3n) is 4.73. The smallest absolute Gasteiger partial charge is 0.329 e. The molecule has 0 unspecified atom stereocenters. The third-order valence-corrected chi connectivity index (χ3v) is 4.73. The van der Waals surface area contributed by atoms with Crippen LogP contribution in [-0.4, -0.2) is 56.1 Å². The van der Waals surface area contributed by atoms with Crippen molar-refractivity contribution in [2.45, 2.75) is 26.8 Å². The normalized spacial score (nSPS) is 15.3. The zero-order valence-electron chi connectivity index (χ0n) is 15.4. The monoisotopic (exact) mass is 360 g/mol. The molecule has 1 aliphatic heterocycles. The van der Waals surface area contributed by atoms with Crippen LogP contribution in [0, 0.1) is 0 Å². The Balaban J connectivity index is 2.04. The lowest BCUT2D eigenvalue weighted by atomic mass is 10.3. The van der Waals surface area contributed by atoms with Crippen molar-refractivity contribution in [3.05, 3.63) is 33.0 Å². The van der Waals surface area contributed by atoms with Gasteiger partial charge in [0.05, 0.1) is 0 Å². The van der Waals surface area contributed by atoms with Crippen LogP contribution in [0.1, 0.15) is 20.3 Å². The van der Waals surface area contributed by atoms with Gasteiger partial charge in [0.1, 0.15) is 0 Å². The number of aromatic amines is 1. The fourth-order valence-corrected chi connectivity index (χ4v) is 3.23. The number of amides is 1. The number of aryl methyl sites for hydroxylation is 1. The van der Waals surface area contributed by atoms with Crippen LogP contribution in [0.4, 0.5) is 5.95 Å². The Morgan fingerprint density at radius 1 is 1.23 bits per heavy atom. The molecule has 3 heterocycles. The van der Waals surface area contributed by atoms with E-state index in [2.05, 4.69) is 14.9 Å². The zero-order valence-corrected chi connectivity index (χ0v) is 15.4. The van der Waals surface area contributed by atoms with E-state index in [-0.39, 0.29) is 5.91 Å². The third kappa shape index (κ3) is 3.04. The molecule has 1 fully saturated rings. The first-order chi connectivity index (χ1) is 12.5. The van der Waals surface area contributed by atoms with Gasteiger partial charge in [0.15, 0.2) is 11.2 Å². The number of piperazine rings is 1. The topological polar surface area (TPSA) is 96.2 Å². The lowest BCUT2D eigenvalue weighted by Crippen LogP contribution is -2.49.